The third-order valence-corrected chi connectivity index (χ3v) is 3.24. The summed E-state index contributed by atoms with van der Waals surface area (Å²) in [4.78, 5) is 11.5. The van der Waals surface area contributed by atoms with Crippen molar-refractivity contribution in [2.24, 2.45) is 0 Å². The van der Waals surface area contributed by atoms with Gasteiger partial charge in [-0.1, -0.05) is 11.6 Å². The Morgan fingerprint density at radius 1 is 1.25 bits per heavy atom. The number of hydrogen-bond acceptors (Lipinski definition) is 3. The maximum atomic E-state index is 11.5. The fourth-order valence-electron chi connectivity index (χ4n) is 1.89. The number of methoxy groups -OCH3 is 2. The molecule has 0 radical (unpaired) electrons. The molecule has 0 aromatic heterocycles. The van der Waals surface area contributed by atoms with Crippen LogP contribution in [0.2, 0.25) is 5.02 Å². The standard InChI is InChI=1S/C12H13ClO3/c1-15-11-6-9(13)12(16-2)5-8(11)7-3-4-10(7)14/h5-7H,3-4H2,1-2H3. The van der Waals surface area contributed by atoms with Crippen LogP contribution in [0.1, 0.15) is 24.3 Å². The molecular formula is C12H13ClO3. The van der Waals surface area contributed by atoms with E-state index in [1.165, 1.54) is 0 Å². The van der Waals surface area contributed by atoms with Crippen LogP contribution < -0.4 is 9.47 Å². The van der Waals surface area contributed by atoms with Crippen LogP contribution in [0.3, 0.4) is 0 Å². The molecule has 1 aromatic rings. The summed E-state index contributed by atoms with van der Waals surface area (Å²) in [5.41, 5.74) is 0.875. The number of ketones is 1. The SMILES string of the molecule is COc1cc(C2CCC2=O)c(OC)cc1Cl. The molecule has 0 bridgehead atoms. The average Bonchev–Trinajstić information content (AvgIpc) is 2.28. The Hall–Kier alpha value is -1.22. The molecular weight excluding hydrogens is 228 g/mol. The van der Waals surface area contributed by atoms with Crippen LogP contribution in [0.4, 0.5) is 0 Å². The summed E-state index contributed by atoms with van der Waals surface area (Å²) in [5, 5.41) is 0.495. The van der Waals surface area contributed by atoms with E-state index in [9.17, 15) is 4.79 Å². The number of carbonyl (C=O) groups excluding carboxylic acids is 1. The minimum atomic E-state index is -0.0545. The molecule has 0 N–H and O–H groups in total. The number of hydrogen-bond donors (Lipinski definition) is 0. The normalized spacial score (nSPS) is 19.2. The fourth-order valence-corrected chi connectivity index (χ4v) is 2.12. The number of ether oxygens (including phenoxy) is 2. The third kappa shape index (κ3) is 1.76. The molecule has 1 atom stereocenters. The van der Waals surface area contributed by atoms with Gasteiger partial charge in [0.1, 0.15) is 17.3 Å². The zero-order valence-corrected chi connectivity index (χ0v) is 10.0. The van der Waals surface area contributed by atoms with Gasteiger partial charge >= 0.3 is 0 Å². The van der Waals surface area contributed by atoms with E-state index in [0.717, 1.165) is 12.0 Å². The van der Waals surface area contributed by atoms with Crippen molar-refractivity contribution in [3.8, 4) is 11.5 Å². The van der Waals surface area contributed by atoms with Gasteiger partial charge in [-0.3, -0.25) is 4.79 Å². The van der Waals surface area contributed by atoms with Gasteiger partial charge in [-0.05, 0) is 12.5 Å². The number of carbonyl (C=O) groups is 1. The van der Waals surface area contributed by atoms with E-state index in [1.54, 1.807) is 26.4 Å². The first-order valence-electron chi connectivity index (χ1n) is 5.11. The van der Waals surface area contributed by atoms with Crippen LogP contribution in [0.25, 0.3) is 0 Å². The summed E-state index contributed by atoms with van der Waals surface area (Å²) < 4.78 is 10.4. The molecule has 16 heavy (non-hydrogen) atoms. The highest BCUT2D eigenvalue weighted by atomic mass is 35.5. The summed E-state index contributed by atoms with van der Waals surface area (Å²) >= 11 is 5.99. The molecule has 0 spiro atoms. The van der Waals surface area contributed by atoms with Crippen LogP contribution in [0.5, 0.6) is 11.5 Å². The van der Waals surface area contributed by atoms with Gasteiger partial charge in [0, 0.05) is 24.0 Å². The molecule has 1 aromatic carbocycles. The monoisotopic (exact) mass is 240 g/mol. The number of rotatable bonds is 3. The van der Waals surface area contributed by atoms with Gasteiger partial charge in [0.05, 0.1) is 19.2 Å². The zero-order valence-electron chi connectivity index (χ0n) is 9.25. The molecule has 0 heterocycles. The van der Waals surface area contributed by atoms with E-state index < -0.39 is 0 Å². The molecule has 0 saturated heterocycles. The summed E-state index contributed by atoms with van der Waals surface area (Å²) in [6.45, 7) is 0. The van der Waals surface area contributed by atoms with E-state index in [2.05, 4.69) is 0 Å². The highest BCUT2D eigenvalue weighted by Gasteiger charge is 2.32. The summed E-state index contributed by atoms with van der Waals surface area (Å²) in [5.74, 6) is 1.44. The minimum absolute atomic E-state index is 0.0545. The quantitative estimate of drug-likeness (QED) is 0.815. The second-order valence-electron chi connectivity index (χ2n) is 3.79. The lowest BCUT2D eigenvalue weighted by Gasteiger charge is -2.26. The first-order valence-corrected chi connectivity index (χ1v) is 5.49. The van der Waals surface area contributed by atoms with Crippen LogP contribution in [-0.2, 0) is 4.79 Å². The van der Waals surface area contributed by atoms with Crippen molar-refractivity contribution in [2.45, 2.75) is 18.8 Å². The molecule has 86 valence electrons. The highest BCUT2D eigenvalue weighted by molar-refractivity contribution is 6.32. The maximum Gasteiger partial charge on any atom is 0.140 e. The maximum absolute atomic E-state index is 11.5. The zero-order chi connectivity index (χ0) is 11.7. The molecule has 1 saturated carbocycles. The number of halogens is 1. The van der Waals surface area contributed by atoms with Crippen molar-refractivity contribution in [3.05, 3.63) is 22.7 Å². The molecule has 0 amide bonds. The lowest BCUT2D eigenvalue weighted by atomic mass is 9.78. The van der Waals surface area contributed by atoms with Gasteiger partial charge in [-0.15, -0.1) is 0 Å². The number of Topliss-reactive ketones (excluding diaryl/α,β-unsaturated/α-hetero) is 1. The third-order valence-electron chi connectivity index (χ3n) is 2.95. The Labute approximate surface area is 99.3 Å². The molecule has 1 aliphatic rings. The Balaban J connectivity index is 2.45. The smallest absolute Gasteiger partial charge is 0.140 e. The molecule has 4 heteroatoms. The van der Waals surface area contributed by atoms with E-state index in [4.69, 9.17) is 21.1 Å². The lowest BCUT2D eigenvalue weighted by Crippen LogP contribution is -2.23. The summed E-state index contributed by atoms with van der Waals surface area (Å²) in [6.07, 6.45) is 1.53. The van der Waals surface area contributed by atoms with Crippen molar-refractivity contribution in [3.63, 3.8) is 0 Å². The lowest BCUT2D eigenvalue weighted by molar-refractivity contribution is -0.125. The van der Waals surface area contributed by atoms with Crippen molar-refractivity contribution in [1.29, 1.82) is 0 Å². The van der Waals surface area contributed by atoms with E-state index in [-0.39, 0.29) is 11.7 Å². The number of benzene rings is 1. The summed E-state index contributed by atoms with van der Waals surface area (Å²) in [7, 11) is 3.13. The molecule has 0 aliphatic heterocycles. The first-order chi connectivity index (χ1) is 7.67. The minimum Gasteiger partial charge on any atom is -0.496 e. The van der Waals surface area contributed by atoms with Gasteiger partial charge in [0.15, 0.2) is 0 Å². The Morgan fingerprint density at radius 3 is 2.38 bits per heavy atom. The topological polar surface area (TPSA) is 35.5 Å². The van der Waals surface area contributed by atoms with E-state index in [1.807, 2.05) is 0 Å². The Kier molecular flexibility index (Phi) is 3.06. The van der Waals surface area contributed by atoms with Crippen LogP contribution >= 0.6 is 11.6 Å². The van der Waals surface area contributed by atoms with Crippen molar-refractivity contribution in [1.82, 2.24) is 0 Å². The van der Waals surface area contributed by atoms with Gasteiger partial charge in [-0.25, -0.2) is 0 Å². The fraction of sp³-hybridized carbons (Fsp3) is 0.417. The molecule has 1 unspecified atom stereocenters. The second kappa shape index (κ2) is 4.34. The molecule has 1 fully saturated rings. The highest BCUT2D eigenvalue weighted by Crippen LogP contribution is 2.42. The van der Waals surface area contributed by atoms with Gasteiger partial charge in [-0.2, -0.15) is 0 Å². The summed E-state index contributed by atoms with van der Waals surface area (Å²) in [6, 6.07) is 3.49. The Morgan fingerprint density at radius 2 is 1.94 bits per heavy atom. The van der Waals surface area contributed by atoms with E-state index >= 15 is 0 Å². The largest absolute Gasteiger partial charge is 0.496 e. The van der Waals surface area contributed by atoms with Gasteiger partial charge < -0.3 is 9.47 Å². The van der Waals surface area contributed by atoms with Crippen LogP contribution in [0, 0.1) is 0 Å². The van der Waals surface area contributed by atoms with Gasteiger partial charge in [0.25, 0.3) is 0 Å². The van der Waals surface area contributed by atoms with Gasteiger partial charge in [0.2, 0.25) is 0 Å². The van der Waals surface area contributed by atoms with Crippen molar-refractivity contribution >= 4 is 17.4 Å². The Bertz CT molecular complexity index is 429. The van der Waals surface area contributed by atoms with Crippen LogP contribution in [0.15, 0.2) is 12.1 Å². The predicted molar refractivity (Wildman–Crippen MR) is 61.5 cm³/mol. The second-order valence-corrected chi connectivity index (χ2v) is 4.19. The molecule has 3 nitrogen and oxygen atoms in total. The molecule has 2 rings (SSSR count). The van der Waals surface area contributed by atoms with E-state index in [0.29, 0.717) is 22.9 Å². The van der Waals surface area contributed by atoms with Crippen molar-refractivity contribution < 1.29 is 14.3 Å². The molecule has 1 aliphatic carbocycles. The average molecular weight is 241 g/mol. The van der Waals surface area contributed by atoms with Crippen molar-refractivity contribution in [2.75, 3.05) is 14.2 Å². The predicted octanol–water partition coefficient (Wildman–Crippen LogP) is 2.80. The van der Waals surface area contributed by atoms with Crippen LogP contribution in [-0.4, -0.2) is 20.0 Å². The first kappa shape index (κ1) is 11.3.